The van der Waals surface area contributed by atoms with Gasteiger partial charge in [0.15, 0.2) is 5.69 Å². The minimum Gasteiger partial charge on any atom is -0.381 e. The lowest BCUT2D eigenvalue weighted by atomic mass is 10.1. The molecule has 0 aliphatic carbocycles. The summed E-state index contributed by atoms with van der Waals surface area (Å²) in [4.78, 5) is 8.60. The first kappa shape index (κ1) is 20.4. The van der Waals surface area contributed by atoms with Crippen molar-refractivity contribution in [3.8, 4) is 0 Å². The van der Waals surface area contributed by atoms with Crippen molar-refractivity contribution in [3.63, 3.8) is 0 Å². The molecule has 29 heavy (non-hydrogen) atoms. The molecule has 0 spiro atoms. The zero-order valence-corrected chi connectivity index (χ0v) is 16.7. The molecule has 158 valence electrons. The molecular weight excluding hydrogens is 407 g/mol. The zero-order valence-electron chi connectivity index (χ0n) is 15.9. The zero-order chi connectivity index (χ0) is 20.4. The van der Waals surface area contributed by atoms with Gasteiger partial charge in [0.1, 0.15) is 5.82 Å². The van der Waals surface area contributed by atoms with Crippen LogP contribution in [0.2, 0.25) is 5.02 Å². The van der Waals surface area contributed by atoms with E-state index in [2.05, 4.69) is 19.9 Å². The number of pyridine rings is 1. The Balaban J connectivity index is 1.46. The Morgan fingerprint density at radius 2 is 1.86 bits per heavy atom. The quantitative estimate of drug-likeness (QED) is 0.742. The third kappa shape index (κ3) is 4.67. The number of alkyl halides is 3. The molecule has 0 bridgehead atoms. The molecule has 2 aliphatic rings. The minimum absolute atomic E-state index is 0.0523. The summed E-state index contributed by atoms with van der Waals surface area (Å²) < 4.78 is 46.7. The maximum absolute atomic E-state index is 13.3. The van der Waals surface area contributed by atoms with Gasteiger partial charge in [-0.05, 0) is 31.0 Å². The van der Waals surface area contributed by atoms with E-state index >= 15 is 0 Å². The number of anilines is 1. The number of piperazine rings is 1. The van der Waals surface area contributed by atoms with Gasteiger partial charge in [-0.25, -0.2) is 4.98 Å². The van der Waals surface area contributed by atoms with Crippen LogP contribution >= 0.6 is 11.6 Å². The summed E-state index contributed by atoms with van der Waals surface area (Å²) in [6.45, 7) is 4.40. The topological polar surface area (TPSA) is 46.4 Å². The van der Waals surface area contributed by atoms with Crippen molar-refractivity contribution < 1.29 is 17.9 Å². The summed E-state index contributed by atoms with van der Waals surface area (Å²) in [5, 5.41) is 4.52. The van der Waals surface area contributed by atoms with Crippen molar-refractivity contribution in [3.05, 3.63) is 40.8 Å². The highest BCUT2D eigenvalue weighted by Crippen LogP contribution is 2.32. The van der Waals surface area contributed by atoms with E-state index in [0.717, 1.165) is 5.82 Å². The van der Waals surface area contributed by atoms with Crippen LogP contribution in [0, 0.1) is 0 Å². The molecule has 0 saturated carbocycles. The maximum Gasteiger partial charge on any atom is 0.435 e. The summed E-state index contributed by atoms with van der Waals surface area (Å²) in [6, 6.07) is 4.74. The van der Waals surface area contributed by atoms with Gasteiger partial charge >= 0.3 is 6.18 Å². The van der Waals surface area contributed by atoms with Crippen LogP contribution in [0.4, 0.5) is 19.0 Å². The van der Waals surface area contributed by atoms with Crippen molar-refractivity contribution in [2.24, 2.45) is 0 Å². The van der Waals surface area contributed by atoms with E-state index in [0.29, 0.717) is 69.5 Å². The number of nitrogens with zero attached hydrogens (tertiary/aromatic N) is 5. The van der Waals surface area contributed by atoms with E-state index in [1.165, 1.54) is 6.07 Å². The Kier molecular flexibility index (Phi) is 5.98. The third-order valence-corrected chi connectivity index (χ3v) is 5.73. The molecule has 0 unspecified atom stereocenters. The van der Waals surface area contributed by atoms with Crippen LogP contribution in [0.3, 0.4) is 0 Å². The number of hydrogen-bond donors (Lipinski definition) is 0. The highest BCUT2D eigenvalue weighted by Gasteiger charge is 2.36. The Labute approximate surface area is 172 Å². The molecule has 0 amide bonds. The van der Waals surface area contributed by atoms with Crippen LogP contribution in [0.1, 0.15) is 30.3 Å². The van der Waals surface area contributed by atoms with Gasteiger partial charge in [0.05, 0.1) is 16.8 Å². The van der Waals surface area contributed by atoms with E-state index in [1.54, 1.807) is 23.0 Å². The highest BCUT2D eigenvalue weighted by atomic mass is 35.5. The molecule has 4 heterocycles. The molecule has 6 nitrogen and oxygen atoms in total. The average Bonchev–Trinajstić information content (AvgIpc) is 3.14. The minimum atomic E-state index is -4.44. The van der Waals surface area contributed by atoms with Gasteiger partial charge in [-0.15, -0.1) is 0 Å². The Morgan fingerprint density at radius 3 is 2.52 bits per heavy atom. The Morgan fingerprint density at radius 1 is 1.14 bits per heavy atom. The van der Waals surface area contributed by atoms with Crippen LogP contribution in [-0.2, 0) is 17.5 Å². The van der Waals surface area contributed by atoms with Gasteiger partial charge in [0, 0.05) is 52.1 Å². The lowest BCUT2D eigenvalue weighted by Crippen LogP contribution is -2.46. The molecule has 2 aromatic rings. The van der Waals surface area contributed by atoms with E-state index in [4.69, 9.17) is 16.3 Å². The van der Waals surface area contributed by atoms with Crippen molar-refractivity contribution in [2.75, 3.05) is 44.3 Å². The number of rotatable bonds is 4. The van der Waals surface area contributed by atoms with Crippen LogP contribution in [0.15, 0.2) is 24.4 Å². The van der Waals surface area contributed by atoms with Gasteiger partial charge in [-0.3, -0.25) is 9.58 Å². The standard InChI is InChI=1S/C19H23ClF3N5O/c20-16-2-1-5-24-18(16)27-8-6-26(7-9-27)13-15-12-17(19(21,22)23)25-28(15)14-3-10-29-11-4-14/h1-2,5,12,14H,3-4,6-11,13H2. The molecule has 2 fully saturated rings. The first-order valence-corrected chi connectivity index (χ1v) is 10.1. The number of ether oxygens (including phenoxy) is 1. The number of aromatic nitrogens is 3. The summed E-state index contributed by atoms with van der Waals surface area (Å²) in [6.07, 6.45) is -1.38. The summed E-state index contributed by atoms with van der Waals surface area (Å²) in [5.74, 6) is 0.750. The van der Waals surface area contributed by atoms with E-state index < -0.39 is 11.9 Å². The molecule has 0 aromatic carbocycles. The summed E-state index contributed by atoms with van der Waals surface area (Å²) >= 11 is 6.23. The van der Waals surface area contributed by atoms with Crippen LogP contribution in [0.25, 0.3) is 0 Å². The van der Waals surface area contributed by atoms with Gasteiger partial charge < -0.3 is 9.64 Å². The van der Waals surface area contributed by atoms with Crippen LogP contribution in [0.5, 0.6) is 0 Å². The molecule has 10 heteroatoms. The second-order valence-corrected chi connectivity index (χ2v) is 7.79. The largest absolute Gasteiger partial charge is 0.435 e. The van der Waals surface area contributed by atoms with Crippen molar-refractivity contribution in [2.45, 2.75) is 31.6 Å². The van der Waals surface area contributed by atoms with E-state index in [-0.39, 0.29) is 6.04 Å². The summed E-state index contributed by atoms with van der Waals surface area (Å²) in [7, 11) is 0. The first-order valence-electron chi connectivity index (χ1n) is 9.73. The molecular formula is C19H23ClF3N5O. The first-order chi connectivity index (χ1) is 13.9. The fourth-order valence-electron chi connectivity index (χ4n) is 3.89. The van der Waals surface area contributed by atoms with Crippen LogP contribution < -0.4 is 4.90 Å². The van der Waals surface area contributed by atoms with Gasteiger partial charge in [-0.1, -0.05) is 11.6 Å². The van der Waals surface area contributed by atoms with Crippen LogP contribution in [-0.4, -0.2) is 59.1 Å². The van der Waals surface area contributed by atoms with Crippen molar-refractivity contribution >= 4 is 17.4 Å². The Bertz CT molecular complexity index is 829. The number of hydrogen-bond acceptors (Lipinski definition) is 5. The number of halogens is 4. The predicted molar refractivity (Wildman–Crippen MR) is 103 cm³/mol. The van der Waals surface area contributed by atoms with Gasteiger partial charge in [0.2, 0.25) is 0 Å². The molecule has 2 aromatic heterocycles. The molecule has 2 aliphatic heterocycles. The fourth-order valence-corrected chi connectivity index (χ4v) is 4.13. The van der Waals surface area contributed by atoms with E-state index in [1.807, 2.05) is 0 Å². The second kappa shape index (κ2) is 8.49. The third-order valence-electron chi connectivity index (χ3n) is 5.44. The molecule has 4 rings (SSSR count). The molecule has 2 saturated heterocycles. The smallest absolute Gasteiger partial charge is 0.381 e. The van der Waals surface area contributed by atoms with Crippen molar-refractivity contribution in [1.29, 1.82) is 0 Å². The molecule has 0 radical (unpaired) electrons. The molecule has 0 N–H and O–H groups in total. The van der Waals surface area contributed by atoms with E-state index in [9.17, 15) is 13.2 Å². The molecule has 0 atom stereocenters. The maximum atomic E-state index is 13.3. The van der Waals surface area contributed by atoms with Gasteiger partial charge in [-0.2, -0.15) is 18.3 Å². The summed E-state index contributed by atoms with van der Waals surface area (Å²) in [5.41, 5.74) is -0.216. The monoisotopic (exact) mass is 429 g/mol. The lowest BCUT2D eigenvalue weighted by molar-refractivity contribution is -0.141. The Hall–Kier alpha value is -1.84. The lowest BCUT2D eigenvalue weighted by Gasteiger charge is -2.36. The fraction of sp³-hybridized carbons (Fsp3) is 0.579. The normalized spacial score (nSPS) is 19.7. The average molecular weight is 430 g/mol. The van der Waals surface area contributed by atoms with Crippen molar-refractivity contribution in [1.82, 2.24) is 19.7 Å². The van der Waals surface area contributed by atoms with Gasteiger partial charge in [0.25, 0.3) is 0 Å². The predicted octanol–water partition coefficient (Wildman–Crippen LogP) is 3.62. The second-order valence-electron chi connectivity index (χ2n) is 7.38. The SMILES string of the molecule is FC(F)(F)c1cc(CN2CCN(c3ncccc3Cl)CC2)n(C2CCOCC2)n1. The highest BCUT2D eigenvalue weighted by molar-refractivity contribution is 6.32.